The molecule has 0 radical (unpaired) electrons. The quantitative estimate of drug-likeness (QED) is 0.836. The second-order valence-corrected chi connectivity index (χ2v) is 5.79. The van der Waals surface area contributed by atoms with Crippen LogP contribution in [-0.4, -0.2) is 24.6 Å². The molecule has 2 fully saturated rings. The second-order valence-electron chi connectivity index (χ2n) is 5.79. The zero-order valence-electron chi connectivity index (χ0n) is 11.6. The van der Waals surface area contributed by atoms with Crippen molar-refractivity contribution in [2.75, 3.05) is 0 Å². The van der Waals surface area contributed by atoms with E-state index >= 15 is 0 Å². The Morgan fingerprint density at radius 3 is 2.67 bits per heavy atom. The van der Waals surface area contributed by atoms with Crippen LogP contribution in [0.3, 0.4) is 0 Å². The van der Waals surface area contributed by atoms with Crippen LogP contribution in [0.15, 0.2) is 24.3 Å². The standard InChI is InChI=1S/C16H18F2O3/c17-16(18)21-12-3-1-2-10(6-12)7-15(19)11-8-13-4-5-14(9-11)20-13/h1-3,6,11,13-14,16H,4-5,7-9H2. The number of alkyl halides is 2. The lowest BCUT2D eigenvalue weighted by atomic mass is 9.88. The van der Waals surface area contributed by atoms with Crippen LogP contribution in [0.25, 0.3) is 0 Å². The van der Waals surface area contributed by atoms with Crippen LogP contribution in [0, 0.1) is 5.92 Å². The van der Waals surface area contributed by atoms with E-state index in [2.05, 4.69) is 4.74 Å². The van der Waals surface area contributed by atoms with E-state index < -0.39 is 6.61 Å². The van der Waals surface area contributed by atoms with Crippen molar-refractivity contribution in [3.63, 3.8) is 0 Å². The lowest BCUT2D eigenvalue weighted by Crippen LogP contribution is -2.30. The zero-order valence-corrected chi connectivity index (χ0v) is 11.6. The Hall–Kier alpha value is -1.49. The van der Waals surface area contributed by atoms with Crippen molar-refractivity contribution < 1.29 is 23.0 Å². The van der Waals surface area contributed by atoms with Crippen LogP contribution in [0.1, 0.15) is 31.2 Å². The zero-order chi connectivity index (χ0) is 14.8. The van der Waals surface area contributed by atoms with Gasteiger partial charge in [-0.25, -0.2) is 0 Å². The Kier molecular flexibility index (Phi) is 4.19. The van der Waals surface area contributed by atoms with Crippen molar-refractivity contribution in [3.05, 3.63) is 29.8 Å². The molecule has 0 amide bonds. The van der Waals surface area contributed by atoms with Crippen LogP contribution < -0.4 is 4.74 Å². The number of hydrogen-bond acceptors (Lipinski definition) is 3. The molecule has 2 saturated heterocycles. The molecule has 2 atom stereocenters. The highest BCUT2D eigenvalue weighted by molar-refractivity contribution is 5.83. The first-order chi connectivity index (χ1) is 10.1. The fraction of sp³-hybridized carbons (Fsp3) is 0.562. The van der Waals surface area contributed by atoms with Gasteiger partial charge in [-0.3, -0.25) is 4.79 Å². The summed E-state index contributed by atoms with van der Waals surface area (Å²) in [5.41, 5.74) is 0.719. The molecule has 3 rings (SSSR count). The topological polar surface area (TPSA) is 35.5 Å². The molecular formula is C16H18F2O3. The molecule has 21 heavy (non-hydrogen) atoms. The van der Waals surface area contributed by atoms with E-state index in [-0.39, 0.29) is 36.1 Å². The maximum atomic E-state index is 12.4. The summed E-state index contributed by atoms with van der Waals surface area (Å²) in [4.78, 5) is 12.4. The molecule has 2 aliphatic rings. The molecule has 1 aromatic rings. The first kappa shape index (κ1) is 14.4. The van der Waals surface area contributed by atoms with Crippen LogP contribution in [0.4, 0.5) is 8.78 Å². The summed E-state index contributed by atoms with van der Waals surface area (Å²) in [5.74, 6) is 0.308. The smallest absolute Gasteiger partial charge is 0.387 e. The summed E-state index contributed by atoms with van der Waals surface area (Å²) in [7, 11) is 0. The maximum absolute atomic E-state index is 12.4. The number of ether oxygens (including phenoxy) is 2. The average molecular weight is 296 g/mol. The van der Waals surface area contributed by atoms with Crippen LogP contribution in [-0.2, 0) is 16.0 Å². The summed E-state index contributed by atoms with van der Waals surface area (Å²) in [6, 6.07) is 6.38. The lowest BCUT2D eigenvalue weighted by molar-refractivity contribution is -0.127. The van der Waals surface area contributed by atoms with Gasteiger partial charge in [0.1, 0.15) is 11.5 Å². The highest BCUT2D eigenvalue weighted by Crippen LogP contribution is 2.36. The summed E-state index contributed by atoms with van der Waals surface area (Å²) in [5, 5.41) is 0. The molecule has 0 aromatic heterocycles. The number of fused-ring (bicyclic) bond motifs is 2. The number of ketones is 1. The fourth-order valence-corrected chi connectivity index (χ4v) is 3.30. The van der Waals surface area contributed by atoms with Gasteiger partial charge in [0.05, 0.1) is 12.2 Å². The minimum absolute atomic E-state index is 0.0379. The van der Waals surface area contributed by atoms with Crippen molar-refractivity contribution in [1.29, 1.82) is 0 Å². The average Bonchev–Trinajstić information content (AvgIpc) is 2.77. The molecule has 114 valence electrons. The molecule has 2 unspecified atom stereocenters. The predicted molar refractivity (Wildman–Crippen MR) is 72.4 cm³/mol. The molecule has 0 saturated carbocycles. The number of benzene rings is 1. The van der Waals surface area contributed by atoms with Crippen LogP contribution in [0.2, 0.25) is 0 Å². The third-order valence-corrected chi connectivity index (χ3v) is 4.25. The number of halogens is 2. The SMILES string of the molecule is O=C(Cc1cccc(OC(F)F)c1)C1CC2CCC(C1)O2. The van der Waals surface area contributed by atoms with E-state index in [1.165, 1.54) is 12.1 Å². The van der Waals surface area contributed by atoms with Gasteiger partial charge in [-0.2, -0.15) is 8.78 Å². The van der Waals surface area contributed by atoms with Gasteiger partial charge in [0, 0.05) is 12.3 Å². The third kappa shape index (κ3) is 3.59. The van der Waals surface area contributed by atoms with E-state index in [9.17, 15) is 13.6 Å². The lowest BCUT2D eigenvalue weighted by Gasteiger charge is -2.27. The van der Waals surface area contributed by atoms with E-state index in [1.54, 1.807) is 12.1 Å². The molecule has 5 heteroatoms. The predicted octanol–water partition coefficient (Wildman–Crippen LogP) is 3.36. The summed E-state index contributed by atoms with van der Waals surface area (Å²) in [6.45, 7) is -2.85. The van der Waals surface area contributed by atoms with Crippen molar-refractivity contribution in [2.45, 2.75) is 50.9 Å². The second kappa shape index (κ2) is 6.10. The minimum atomic E-state index is -2.85. The molecule has 2 heterocycles. The summed E-state index contributed by atoms with van der Waals surface area (Å²) in [6.07, 6.45) is 4.41. The largest absolute Gasteiger partial charge is 0.435 e. The van der Waals surface area contributed by atoms with E-state index in [0.717, 1.165) is 31.2 Å². The fourth-order valence-electron chi connectivity index (χ4n) is 3.30. The van der Waals surface area contributed by atoms with Gasteiger partial charge in [0.2, 0.25) is 0 Å². The van der Waals surface area contributed by atoms with Gasteiger partial charge in [-0.15, -0.1) is 0 Å². The molecular weight excluding hydrogens is 278 g/mol. The van der Waals surface area contributed by atoms with E-state index in [1.807, 2.05) is 0 Å². The third-order valence-electron chi connectivity index (χ3n) is 4.25. The molecule has 0 spiro atoms. The maximum Gasteiger partial charge on any atom is 0.387 e. The van der Waals surface area contributed by atoms with Crippen molar-refractivity contribution in [1.82, 2.24) is 0 Å². The first-order valence-corrected chi connectivity index (χ1v) is 7.32. The summed E-state index contributed by atoms with van der Waals surface area (Å²) >= 11 is 0. The number of carbonyl (C=O) groups is 1. The Bertz CT molecular complexity index is 506. The number of carbonyl (C=O) groups excluding carboxylic acids is 1. The van der Waals surface area contributed by atoms with E-state index in [0.29, 0.717) is 0 Å². The van der Waals surface area contributed by atoms with Crippen LogP contribution in [0.5, 0.6) is 5.75 Å². The van der Waals surface area contributed by atoms with Gasteiger partial charge in [0.25, 0.3) is 0 Å². The van der Waals surface area contributed by atoms with Gasteiger partial charge in [0.15, 0.2) is 0 Å². The van der Waals surface area contributed by atoms with Gasteiger partial charge in [-0.05, 0) is 43.4 Å². The molecule has 2 aliphatic heterocycles. The molecule has 3 nitrogen and oxygen atoms in total. The summed E-state index contributed by atoms with van der Waals surface area (Å²) < 4.78 is 34.5. The van der Waals surface area contributed by atoms with Gasteiger partial charge in [-0.1, -0.05) is 12.1 Å². The van der Waals surface area contributed by atoms with Crippen molar-refractivity contribution >= 4 is 5.78 Å². The molecule has 0 N–H and O–H groups in total. The Balaban J connectivity index is 1.62. The van der Waals surface area contributed by atoms with Crippen molar-refractivity contribution in [3.8, 4) is 5.75 Å². The van der Waals surface area contributed by atoms with E-state index in [4.69, 9.17) is 4.74 Å². The Morgan fingerprint density at radius 1 is 1.29 bits per heavy atom. The minimum Gasteiger partial charge on any atom is -0.435 e. The van der Waals surface area contributed by atoms with Gasteiger partial charge < -0.3 is 9.47 Å². The Morgan fingerprint density at radius 2 is 2.00 bits per heavy atom. The highest BCUT2D eigenvalue weighted by atomic mass is 19.3. The number of hydrogen-bond donors (Lipinski definition) is 0. The molecule has 0 aliphatic carbocycles. The Labute approximate surface area is 122 Å². The molecule has 2 bridgehead atoms. The number of Topliss-reactive ketones (excluding diaryl/α,β-unsaturated/α-hetero) is 1. The van der Waals surface area contributed by atoms with Crippen LogP contribution >= 0.6 is 0 Å². The molecule has 1 aromatic carbocycles. The monoisotopic (exact) mass is 296 g/mol. The van der Waals surface area contributed by atoms with Crippen molar-refractivity contribution in [2.24, 2.45) is 5.92 Å². The van der Waals surface area contributed by atoms with Gasteiger partial charge >= 0.3 is 6.61 Å². The first-order valence-electron chi connectivity index (χ1n) is 7.32. The highest BCUT2D eigenvalue weighted by Gasteiger charge is 2.37. The number of rotatable bonds is 5. The normalized spacial score (nSPS) is 27.9.